The van der Waals surface area contributed by atoms with Crippen LogP contribution in [-0.4, -0.2) is 24.3 Å². The Labute approximate surface area is 142 Å². The molecule has 4 aliphatic rings. The Balaban J connectivity index is 1.55. The number of cyclic esters (lactones) is 1. The molecule has 4 heteroatoms. The van der Waals surface area contributed by atoms with Gasteiger partial charge in [0.25, 0.3) is 0 Å². The van der Waals surface area contributed by atoms with E-state index in [0.717, 1.165) is 38.5 Å². The van der Waals surface area contributed by atoms with E-state index in [-0.39, 0.29) is 22.4 Å². The number of rotatable bonds is 3. The Morgan fingerprint density at radius 1 is 1.29 bits per heavy atom. The molecular weight excluding hydrogens is 304 g/mol. The molecule has 2 saturated heterocycles. The molecule has 4 fully saturated rings. The van der Waals surface area contributed by atoms with Crippen LogP contribution in [0.25, 0.3) is 0 Å². The highest BCUT2D eigenvalue weighted by molar-refractivity contribution is 5.79. The summed E-state index contributed by atoms with van der Waals surface area (Å²) < 4.78 is 17.3. The highest BCUT2D eigenvalue weighted by Gasteiger charge is 2.77. The largest absolute Gasteiger partial charge is 0.472 e. The van der Waals surface area contributed by atoms with E-state index in [4.69, 9.17) is 13.9 Å². The van der Waals surface area contributed by atoms with Gasteiger partial charge in [-0.25, -0.2) is 0 Å². The van der Waals surface area contributed by atoms with Crippen LogP contribution in [0.3, 0.4) is 0 Å². The molecule has 6 atom stereocenters. The van der Waals surface area contributed by atoms with Crippen molar-refractivity contribution in [3.8, 4) is 0 Å². The van der Waals surface area contributed by atoms with Gasteiger partial charge in [-0.15, -0.1) is 0 Å². The van der Waals surface area contributed by atoms with E-state index >= 15 is 0 Å². The number of hydrogen-bond acceptors (Lipinski definition) is 4. The van der Waals surface area contributed by atoms with Crippen molar-refractivity contribution in [2.75, 3.05) is 6.61 Å². The van der Waals surface area contributed by atoms with Crippen LogP contribution in [0.2, 0.25) is 0 Å². The van der Waals surface area contributed by atoms with Crippen LogP contribution in [0.4, 0.5) is 0 Å². The molecular formula is C20H26O4. The zero-order valence-electron chi connectivity index (χ0n) is 14.5. The molecule has 0 amide bonds. The first-order chi connectivity index (χ1) is 11.5. The average molecular weight is 330 g/mol. The lowest BCUT2D eigenvalue weighted by Crippen LogP contribution is -2.66. The summed E-state index contributed by atoms with van der Waals surface area (Å²) in [5, 5.41) is 0. The minimum absolute atomic E-state index is 0.0345. The van der Waals surface area contributed by atoms with Crippen LogP contribution < -0.4 is 0 Å². The SMILES string of the molecule is C[C@@H]1CC[C@]23COC(=O)[C@@]1(CCc1ccoc1)[C@H]2CC[C@@H]1O[C@@]13C. The Bertz CT molecular complexity index is 667. The van der Waals surface area contributed by atoms with Crippen molar-refractivity contribution in [2.24, 2.45) is 22.7 Å². The smallest absolute Gasteiger partial charge is 0.312 e. The van der Waals surface area contributed by atoms with Crippen molar-refractivity contribution in [2.45, 2.75) is 64.1 Å². The van der Waals surface area contributed by atoms with Crippen LogP contribution in [0.15, 0.2) is 23.0 Å². The Morgan fingerprint density at radius 2 is 2.17 bits per heavy atom. The molecule has 4 nitrogen and oxygen atoms in total. The molecule has 2 aliphatic heterocycles. The molecule has 2 saturated carbocycles. The van der Waals surface area contributed by atoms with Crippen LogP contribution in [0.5, 0.6) is 0 Å². The summed E-state index contributed by atoms with van der Waals surface area (Å²) in [5.41, 5.74) is 0.784. The number of esters is 1. The highest BCUT2D eigenvalue weighted by atomic mass is 16.6. The quantitative estimate of drug-likeness (QED) is 0.626. The van der Waals surface area contributed by atoms with Gasteiger partial charge in [-0.05, 0) is 68.9 Å². The molecule has 1 aromatic rings. The molecule has 0 radical (unpaired) electrons. The molecule has 0 aromatic carbocycles. The topological polar surface area (TPSA) is 52.0 Å². The highest BCUT2D eigenvalue weighted by Crippen LogP contribution is 2.72. The van der Waals surface area contributed by atoms with E-state index in [2.05, 4.69) is 13.8 Å². The zero-order chi connectivity index (χ0) is 16.6. The summed E-state index contributed by atoms with van der Waals surface area (Å²) in [6, 6.07) is 2.01. The third-order valence-electron chi connectivity index (χ3n) is 8.09. The van der Waals surface area contributed by atoms with Gasteiger partial charge in [-0.2, -0.15) is 0 Å². The fourth-order valence-corrected chi connectivity index (χ4v) is 6.52. The van der Waals surface area contributed by atoms with Gasteiger partial charge in [0.15, 0.2) is 0 Å². The molecule has 0 spiro atoms. The van der Waals surface area contributed by atoms with Crippen molar-refractivity contribution in [3.05, 3.63) is 24.2 Å². The van der Waals surface area contributed by atoms with E-state index in [1.807, 2.05) is 6.07 Å². The van der Waals surface area contributed by atoms with Gasteiger partial charge in [0.1, 0.15) is 12.2 Å². The van der Waals surface area contributed by atoms with Crippen molar-refractivity contribution >= 4 is 5.97 Å². The second kappa shape index (κ2) is 4.66. The summed E-state index contributed by atoms with van der Waals surface area (Å²) in [6.07, 6.45) is 10.1. The summed E-state index contributed by atoms with van der Waals surface area (Å²) in [4.78, 5) is 13.1. The molecule has 2 bridgehead atoms. The van der Waals surface area contributed by atoms with Gasteiger partial charge < -0.3 is 13.9 Å². The predicted octanol–water partition coefficient (Wildman–Crippen LogP) is 3.74. The van der Waals surface area contributed by atoms with Crippen LogP contribution in [-0.2, 0) is 20.7 Å². The maximum atomic E-state index is 13.1. The number of carbonyl (C=O) groups excluding carboxylic acids is 1. The van der Waals surface area contributed by atoms with E-state index < -0.39 is 0 Å². The number of ether oxygens (including phenoxy) is 2. The fourth-order valence-electron chi connectivity index (χ4n) is 6.52. The normalized spacial score (nSPS) is 49.1. The summed E-state index contributed by atoms with van der Waals surface area (Å²) in [5.74, 6) is 0.807. The maximum absolute atomic E-state index is 13.1. The average Bonchev–Trinajstić information content (AvgIpc) is 3.02. The third kappa shape index (κ3) is 1.61. The van der Waals surface area contributed by atoms with E-state index in [0.29, 0.717) is 24.5 Å². The van der Waals surface area contributed by atoms with Gasteiger partial charge >= 0.3 is 5.97 Å². The molecule has 5 rings (SSSR count). The van der Waals surface area contributed by atoms with Gasteiger partial charge in [0.05, 0.1) is 24.0 Å². The Hall–Kier alpha value is -1.29. The first kappa shape index (κ1) is 15.0. The molecule has 1 aromatic heterocycles. The molecule has 130 valence electrons. The second-order valence-corrected chi connectivity index (χ2v) is 8.69. The van der Waals surface area contributed by atoms with Gasteiger partial charge in [-0.3, -0.25) is 4.79 Å². The van der Waals surface area contributed by atoms with E-state index in [9.17, 15) is 4.79 Å². The number of carbonyl (C=O) groups is 1. The van der Waals surface area contributed by atoms with Crippen LogP contribution in [0.1, 0.15) is 51.5 Å². The molecule has 0 N–H and O–H groups in total. The number of fused-ring (bicyclic) bond motifs is 1. The lowest BCUT2D eigenvalue weighted by molar-refractivity contribution is -0.224. The molecule has 0 unspecified atom stereocenters. The fraction of sp³-hybridized carbons (Fsp3) is 0.750. The number of epoxide rings is 1. The monoisotopic (exact) mass is 330 g/mol. The minimum Gasteiger partial charge on any atom is -0.472 e. The molecule has 3 heterocycles. The minimum atomic E-state index is -0.353. The van der Waals surface area contributed by atoms with E-state index in [1.165, 1.54) is 5.56 Å². The molecule has 24 heavy (non-hydrogen) atoms. The predicted molar refractivity (Wildman–Crippen MR) is 87.3 cm³/mol. The second-order valence-electron chi connectivity index (χ2n) is 8.69. The van der Waals surface area contributed by atoms with E-state index in [1.54, 1.807) is 12.5 Å². The number of hydrogen-bond donors (Lipinski definition) is 0. The Kier molecular flexibility index (Phi) is 2.91. The molecule has 2 aliphatic carbocycles. The van der Waals surface area contributed by atoms with Crippen molar-refractivity contribution in [1.29, 1.82) is 0 Å². The first-order valence-electron chi connectivity index (χ1n) is 9.39. The van der Waals surface area contributed by atoms with Crippen molar-refractivity contribution < 1.29 is 18.7 Å². The summed E-state index contributed by atoms with van der Waals surface area (Å²) in [6.45, 7) is 5.08. The van der Waals surface area contributed by atoms with Gasteiger partial charge in [0, 0.05) is 5.41 Å². The van der Waals surface area contributed by atoms with Crippen LogP contribution >= 0.6 is 0 Å². The van der Waals surface area contributed by atoms with Gasteiger partial charge in [0.2, 0.25) is 0 Å². The van der Waals surface area contributed by atoms with Crippen molar-refractivity contribution in [1.82, 2.24) is 0 Å². The number of furan rings is 1. The lowest BCUT2D eigenvalue weighted by atomic mass is 9.42. The third-order valence-corrected chi connectivity index (χ3v) is 8.09. The summed E-state index contributed by atoms with van der Waals surface area (Å²) >= 11 is 0. The maximum Gasteiger partial charge on any atom is 0.312 e. The van der Waals surface area contributed by atoms with Crippen LogP contribution in [0, 0.1) is 22.7 Å². The standard InChI is InChI=1S/C20H26O4/c1-13-5-8-19-12-23-17(21)20(13,9-6-14-7-10-22-11-14)15(19)3-4-16-18(19,2)24-16/h7,10-11,13,15-16H,3-6,8-9,12H2,1-2H3/t13-,15+,16+,18+,19+,20-/m1/s1. The summed E-state index contributed by atoms with van der Waals surface area (Å²) in [7, 11) is 0. The lowest BCUT2D eigenvalue weighted by Gasteiger charge is -2.62. The Morgan fingerprint density at radius 3 is 2.96 bits per heavy atom. The first-order valence-corrected chi connectivity index (χ1v) is 9.39. The van der Waals surface area contributed by atoms with Gasteiger partial charge in [-0.1, -0.05) is 6.92 Å². The number of aryl methyl sites for hydroxylation is 1. The zero-order valence-corrected chi connectivity index (χ0v) is 14.5. The van der Waals surface area contributed by atoms with Crippen molar-refractivity contribution in [3.63, 3.8) is 0 Å².